The predicted octanol–water partition coefficient (Wildman–Crippen LogP) is 17.3. The minimum Gasteiger partial charge on any atom is -0.462 e. The quantitative estimate of drug-likeness (QED) is 0.0199. The monoisotopic (exact) mass is 909 g/mol. The number of rotatable bonds is 44. The summed E-state index contributed by atoms with van der Waals surface area (Å²) in [5.74, 6) is -1.10. The average Bonchev–Trinajstić information content (AvgIpc) is 3.31. The summed E-state index contributed by atoms with van der Waals surface area (Å²) < 4.78 is 16.7. The second kappa shape index (κ2) is 52.9. The molecule has 0 radical (unpaired) electrons. The molecule has 0 fully saturated rings. The topological polar surface area (TPSA) is 78.9 Å². The highest BCUT2D eigenvalue weighted by atomic mass is 16.6. The van der Waals surface area contributed by atoms with Crippen molar-refractivity contribution in [2.24, 2.45) is 0 Å². The van der Waals surface area contributed by atoms with Gasteiger partial charge in [-0.05, 0) is 96.3 Å². The van der Waals surface area contributed by atoms with E-state index in [0.717, 1.165) is 96.3 Å². The Kier molecular flexibility index (Phi) is 49.1. The molecule has 1 unspecified atom stereocenters. The SMILES string of the molecule is CC/C=C\C/C=C\C/C=C\C/C=C\C/C=C\CCCC(=O)OC(COC(=O)CC/C=C\C/C=C\CCCCCCCC)COC(=O)CCCCCCC\C=C/C=C\C=C/C=C\C=C/CCC. The van der Waals surface area contributed by atoms with Gasteiger partial charge in [-0.15, -0.1) is 0 Å². The van der Waals surface area contributed by atoms with Gasteiger partial charge in [0.15, 0.2) is 6.10 Å². The molecule has 0 heterocycles. The van der Waals surface area contributed by atoms with Crippen LogP contribution >= 0.6 is 0 Å². The number of carbonyl (C=O) groups is 3. The molecule has 0 saturated carbocycles. The summed E-state index contributed by atoms with van der Waals surface area (Å²) in [4.78, 5) is 38.0. The second-order valence-corrected chi connectivity index (χ2v) is 16.5. The molecule has 1 atom stereocenters. The van der Waals surface area contributed by atoms with Gasteiger partial charge in [-0.3, -0.25) is 14.4 Å². The first-order chi connectivity index (χ1) is 32.5. The third kappa shape index (κ3) is 50.3. The maximum absolute atomic E-state index is 12.8. The van der Waals surface area contributed by atoms with Crippen LogP contribution in [-0.2, 0) is 28.6 Å². The van der Waals surface area contributed by atoms with Crippen molar-refractivity contribution in [3.63, 3.8) is 0 Å². The first-order valence-electron chi connectivity index (χ1n) is 25.9. The van der Waals surface area contributed by atoms with Crippen molar-refractivity contribution in [1.82, 2.24) is 0 Å². The Balaban J connectivity index is 4.63. The predicted molar refractivity (Wildman–Crippen MR) is 283 cm³/mol. The Bertz CT molecular complexity index is 1510. The number of ether oxygens (including phenoxy) is 3. The zero-order valence-corrected chi connectivity index (χ0v) is 41.9. The summed E-state index contributed by atoms with van der Waals surface area (Å²) in [5.41, 5.74) is 0. The molecule has 0 N–H and O–H groups in total. The van der Waals surface area contributed by atoms with E-state index < -0.39 is 12.1 Å². The van der Waals surface area contributed by atoms with E-state index in [1.54, 1.807) is 0 Å². The van der Waals surface area contributed by atoms with Gasteiger partial charge in [0.05, 0.1) is 0 Å². The molecule has 0 aromatic heterocycles. The van der Waals surface area contributed by atoms with E-state index >= 15 is 0 Å². The van der Waals surface area contributed by atoms with E-state index in [1.807, 2.05) is 42.5 Å². The van der Waals surface area contributed by atoms with E-state index in [2.05, 4.69) is 124 Å². The van der Waals surface area contributed by atoms with Gasteiger partial charge >= 0.3 is 17.9 Å². The Labute approximate surface area is 404 Å². The molecule has 6 heteroatoms. The van der Waals surface area contributed by atoms with Crippen molar-refractivity contribution < 1.29 is 28.6 Å². The van der Waals surface area contributed by atoms with Crippen LogP contribution in [0, 0.1) is 0 Å². The van der Waals surface area contributed by atoms with Crippen LogP contribution in [-0.4, -0.2) is 37.2 Å². The number of unbranched alkanes of at least 4 members (excludes halogenated alkanes) is 13. The van der Waals surface area contributed by atoms with Crippen molar-refractivity contribution in [2.45, 2.75) is 200 Å². The van der Waals surface area contributed by atoms with Gasteiger partial charge in [0.25, 0.3) is 0 Å². The highest BCUT2D eigenvalue weighted by Crippen LogP contribution is 2.11. The third-order valence-electron chi connectivity index (χ3n) is 10.2. The van der Waals surface area contributed by atoms with E-state index in [-0.39, 0.29) is 38.0 Å². The van der Waals surface area contributed by atoms with Gasteiger partial charge < -0.3 is 14.2 Å². The molecule has 0 rings (SSSR count). The number of esters is 3. The Morgan fingerprint density at radius 3 is 1.26 bits per heavy atom. The summed E-state index contributed by atoms with van der Waals surface area (Å²) in [6.45, 7) is 6.28. The molecule has 0 aliphatic carbocycles. The molecule has 0 aliphatic rings. The van der Waals surface area contributed by atoms with E-state index in [1.165, 1.54) is 44.9 Å². The van der Waals surface area contributed by atoms with Crippen molar-refractivity contribution in [3.8, 4) is 0 Å². The molecule has 368 valence electrons. The fourth-order valence-electron chi connectivity index (χ4n) is 6.32. The van der Waals surface area contributed by atoms with Crippen LogP contribution < -0.4 is 0 Å². The van der Waals surface area contributed by atoms with Crippen LogP contribution in [0.1, 0.15) is 194 Å². The van der Waals surface area contributed by atoms with E-state index in [4.69, 9.17) is 14.2 Å². The van der Waals surface area contributed by atoms with Crippen LogP contribution in [0.4, 0.5) is 0 Å². The summed E-state index contributed by atoms with van der Waals surface area (Å²) >= 11 is 0. The molecule has 0 saturated heterocycles. The van der Waals surface area contributed by atoms with Crippen molar-refractivity contribution in [2.75, 3.05) is 13.2 Å². The minimum atomic E-state index is -0.847. The Morgan fingerprint density at radius 1 is 0.333 bits per heavy atom. The lowest BCUT2D eigenvalue weighted by Gasteiger charge is -2.18. The van der Waals surface area contributed by atoms with Gasteiger partial charge in [-0.1, -0.05) is 224 Å². The summed E-state index contributed by atoms with van der Waals surface area (Å²) in [6.07, 6.45) is 75.5. The summed E-state index contributed by atoms with van der Waals surface area (Å²) in [7, 11) is 0. The smallest absolute Gasteiger partial charge is 0.306 e. The van der Waals surface area contributed by atoms with E-state index in [9.17, 15) is 14.4 Å². The highest BCUT2D eigenvalue weighted by molar-refractivity contribution is 5.71. The van der Waals surface area contributed by atoms with Crippen molar-refractivity contribution >= 4 is 17.9 Å². The standard InChI is InChI=1S/C60H92O6/c1-4-7-10-13-16-19-22-25-27-29-31-32-35-38-41-44-47-50-53-59(62)65-56-57(55-64-58(61)52-49-46-43-40-37-34-24-21-18-15-12-9-6-3)66-60(63)54-51-48-45-42-39-36-33-30-28-26-23-20-17-14-11-8-5-2/h8,10-11,13,16-17,19-20,22,25-29,31-34,36-37,42-43,45-46,57H,4-7,9,12,14-15,18,21,23-24,30,35,38-41,44,47-56H2,1-3H3/b11-8-,13-10-,19-16-,20-17-,25-22-,28-26-,29-27-,32-31-,36-33-,37-34-,45-42-,46-43-. The average molecular weight is 909 g/mol. The van der Waals surface area contributed by atoms with Crippen LogP contribution in [0.3, 0.4) is 0 Å². The summed E-state index contributed by atoms with van der Waals surface area (Å²) in [5, 5.41) is 0. The lowest BCUT2D eigenvalue weighted by Crippen LogP contribution is -2.30. The fraction of sp³-hybridized carbons (Fsp3) is 0.550. The Hall–Kier alpha value is -4.71. The van der Waals surface area contributed by atoms with Crippen molar-refractivity contribution in [1.29, 1.82) is 0 Å². The molecule has 0 amide bonds. The lowest BCUT2D eigenvalue weighted by molar-refractivity contribution is -0.166. The minimum absolute atomic E-state index is 0.138. The van der Waals surface area contributed by atoms with Crippen LogP contribution in [0.2, 0.25) is 0 Å². The zero-order chi connectivity index (χ0) is 47.9. The molecule has 0 bridgehead atoms. The van der Waals surface area contributed by atoms with Gasteiger partial charge in [-0.2, -0.15) is 0 Å². The largest absolute Gasteiger partial charge is 0.462 e. The molecule has 0 aromatic carbocycles. The number of hydrogen-bond donors (Lipinski definition) is 0. The number of hydrogen-bond acceptors (Lipinski definition) is 6. The molecule has 6 nitrogen and oxygen atoms in total. The first kappa shape index (κ1) is 61.3. The highest BCUT2D eigenvalue weighted by Gasteiger charge is 2.19. The fourth-order valence-corrected chi connectivity index (χ4v) is 6.32. The molecular weight excluding hydrogens is 817 g/mol. The number of allylic oxidation sites excluding steroid dienone is 24. The second-order valence-electron chi connectivity index (χ2n) is 16.5. The maximum Gasteiger partial charge on any atom is 0.306 e. The molecule has 66 heavy (non-hydrogen) atoms. The third-order valence-corrected chi connectivity index (χ3v) is 10.2. The summed E-state index contributed by atoms with van der Waals surface area (Å²) in [6, 6.07) is 0. The lowest BCUT2D eigenvalue weighted by atomic mass is 10.1. The van der Waals surface area contributed by atoms with E-state index in [0.29, 0.717) is 19.3 Å². The van der Waals surface area contributed by atoms with Gasteiger partial charge in [-0.25, -0.2) is 0 Å². The van der Waals surface area contributed by atoms with Crippen molar-refractivity contribution in [3.05, 3.63) is 146 Å². The zero-order valence-electron chi connectivity index (χ0n) is 41.9. The van der Waals surface area contributed by atoms with Crippen LogP contribution in [0.25, 0.3) is 0 Å². The number of carbonyl (C=O) groups excluding carboxylic acids is 3. The molecule has 0 aliphatic heterocycles. The maximum atomic E-state index is 12.8. The normalized spacial score (nSPS) is 13.3. The molecular formula is C60H92O6. The van der Waals surface area contributed by atoms with Crippen LogP contribution in [0.15, 0.2) is 146 Å². The van der Waals surface area contributed by atoms with Gasteiger partial charge in [0, 0.05) is 19.3 Å². The molecule has 0 aromatic rings. The molecule has 0 spiro atoms. The van der Waals surface area contributed by atoms with Gasteiger partial charge in [0.1, 0.15) is 13.2 Å². The van der Waals surface area contributed by atoms with Gasteiger partial charge in [0.2, 0.25) is 0 Å². The first-order valence-corrected chi connectivity index (χ1v) is 25.9. The Morgan fingerprint density at radius 2 is 0.727 bits per heavy atom. The van der Waals surface area contributed by atoms with Crippen LogP contribution in [0.5, 0.6) is 0 Å².